The van der Waals surface area contributed by atoms with Crippen molar-refractivity contribution in [2.45, 2.75) is 13.8 Å². The van der Waals surface area contributed by atoms with Crippen molar-refractivity contribution >= 4 is 5.78 Å². The number of hydrogen-bond donors (Lipinski definition) is 1. The van der Waals surface area contributed by atoms with Crippen LogP contribution in [-0.2, 0) is 21.9 Å². The summed E-state index contributed by atoms with van der Waals surface area (Å²) in [7, 11) is 0. The van der Waals surface area contributed by atoms with Crippen LogP contribution in [-0.4, -0.2) is 12.3 Å². The summed E-state index contributed by atoms with van der Waals surface area (Å²) in [5.41, 5.74) is 0. The third-order valence-corrected chi connectivity index (χ3v) is 0.640. The first-order chi connectivity index (χ1) is 3.77. The maximum absolute atomic E-state index is 10.2. The molecule has 0 heterocycles. The average Bonchev–Trinajstić information content (AvgIpc) is 1.66. The Kier molecular flexibility index (Phi) is 9.89. The zero-order valence-corrected chi connectivity index (χ0v) is 6.51. The molecule has 0 saturated heterocycles. The Hall–Kier alpha value is -0.271. The fourth-order valence-corrected chi connectivity index (χ4v) is 0.294. The molecule has 0 aromatic heterocycles. The Morgan fingerprint density at radius 1 is 1.67 bits per heavy atom. The van der Waals surface area contributed by atoms with Crippen molar-refractivity contribution in [3.63, 3.8) is 0 Å². The largest absolute Gasteiger partial charge is 0.391 e. The summed E-state index contributed by atoms with van der Waals surface area (Å²) < 4.78 is 0. The molecule has 1 radical (unpaired) electrons. The second-order valence-electron chi connectivity index (χ2n) is 1.50. The van der Waals surface area contributed by atoms with Crippen LogP contribution in [0, 0.1) is 0 Å². The van der Waals surface area contributed by atoms with Gasteiger partial charge in [-0.25, -0.2) is 0 Å². The van der Waals surface area contributed by atoms with Gasteiger partial charge in [0.05, 0.1) is 0 Å². The minimum atomic E-state index is 0. The van der Waals surface area contributed by atoms with Gasteiger partial charge in [-0.05, 0) is 26.1 Å². The zero-order valence-electron chi connectivity index (χ0n) is 5.57. The minimum Gasteiger partial charge on any atom is -0.391 e. The topological polar surface area (TPSA) is 29.1 Å². The molecule has 0 amide bonds. The van der Waals surface area contributed by atoms with Crippen molar-refractivity contribution in [2.75, 3.05) is 6.54 Å². The molecule has 2 nitrogen and oxygen atoms in total. The quantitative estimate of drug-likeness (QED) is 0.507. The Morgan fingerprint density at radius 2 is 2.22 bits per heavy atom. The smallest absolute Gasteiger partial charge is 0.154 e. The Labute approximate surface area is 66.2 Å². The standard InChI is InChI=1S/C6H11NO.Cu/c1-3-7-5-4-6(2)8;/h4-5,7H,3H2,1-2H3;. The summed E-state index contributed by atoms with van der Waals surface area (Å²) in [5.74, 6) is 0.0750. The number of hydrogen-bond acceptors (Lipinski definition) is 2. The third-order valence-electron chi connectivity index (χ3n) is 0.640. The van der Waals surface area contributed by atoms with Crippen molar-refractivity contribution in [2.24, 2.45) is 0 Å². The molecule has 0 spiro atoms. The fourth-order valence-electron chi connectivity index (χ4n) is 0.294. The van der Waals surface area contributed by atoms with Gasteiger partial charge in [-0.1, -0.05) is 0 Å². The second-order valence-corrected chi connectivity index (χ2v) is 1.50. The number of nitrogens with one attached hydrogen (secondary N) is 1. The summed E-state index contributed by atoms with van der Waals surface area (Å²) in [6, 6.07) is 0. The normalized spacial score (nSPS) is 8.67. The predicted octanol–water partition coefficient (Wildman–Crippen LogP) is 0.696. The maximum atomic E-state index is 10.2. The fraction of sp³-hybridized carbons (Fsp3) is 0.500. The molecule has 3 heteroatoms. The second kappa shape index (κ2) is 7.73. The van der Waals surface area contributed by atoms with Gasteiger partial charge in [-0.3, -0.25) is 4.79 Å². The van der Waals surface area contributed by atoms with E-state index in [1.807, 2.05) is 6.92 Å². The van der Waals surface area contributed by atoms with Crippen LogP contribution >= 0.6 is 0 Å². The van der Waals surface area contributed by atoms with Crippen LogP contribution in [0.1, 0.15) is 13.8 Å². The average molecular weight is 177 g/mol. The van der Waals surface area contributed by atoms with Crippen LogP contribution < -0.4 is 5.32 Å². The maximum Gasteiger partial charge on any atom is 0.154 e. The predicted molar refractivity (Wildman–Crippen MR) is 33.5 cm³/mol. The van der Waals surface area contributed by atoms with Crippen LogP contribution in [0.4, 0.5) is 0 Å². The van der Waals surface area contributed by atoms with Crippen LogP contribution in [0.15, 0.2) is 12.3 Å². The van der Waals surface area contributed by atoms with E-state index in [2.05, 4.69) is 5.32 Å². The molecule has 57 valence electrons. The first kappa shape index (κ1) is 11.5. The molecule has 0 saturated carbocycles. The summed E-state index contributed by atoms with van der Waals surface area (Å²) in [5, 5.41) is 2.88. The van der Waals surface area contributed by atoms with E-state index in [0.29, 0.717) is 0 Å². The van der Waals surface area contributed by atoms with E-state index in [1.165, 1.54) is 13.0 Å². The molecule has 9 heavy (non-hydrogen) atoms. The number of carbonyl (C=O) groups is 1. The number of ketones is 1. The van der Waals surface area contributed by atoms with Crippen molar-refractivity contribution in [3.05, 3.63) is 12.3 Å². The number of rotatable bonds is 3. The minimum absolute atomic E-state index is 0. The van der Waals surface area contributed by atoms with Gasteiger partial charge in [0, 0.05) is 23.6 Å². The molecule has 0 bridgehead atoms. The van der Waals surface area contributed by atoms with Crippen LogP contribution in [0.2, 0.25) is 0 Å². The van der Waals surface area contributed by atoms with Crippen LogP contribution in [0.5, 0.6) is 0 Å². The first-order valence-corrected chi connectivity index (χ1v) is 2.68. The van der Waals surface area contributed by atoms with E-state index in [-0.39, 0.29) is 22.9 Å². The van der Waals surface area contributed by atoms with E-state index >= 15 is 0 Å². The van der Waals surface area contributed by atoms with Gasteiger partial charge in [-0.15, -0.1) is 0 Å². The van der Waals surface area contributed by atoms with E-state index in [1.54, 1.807) is 6.20 Å². The number of carbonyl (C=O) groups excluding carboxylic acids is 1. The van der Waals surface area contributed by atoms with Gasteiger partial charge in [-0.2, -0.15) is 0 Å². The monoisotopic (exact) mass is 176 g/mol. The molecule has 1 N–H and O–H groups in total. The van der Waals surface area contributed by atoms with Gasteiger partial charge >= 0.3 is 0 Å². The summed E-state index contributed by atoms with van der Waals surface area (Å²) in [6.45, 7) is 4.36. The summed E-state index contributed by atoms with van der Waals surface area (Å²) >= 11 is 0. The van der Waals surface area contributed by atoms with Gasteiger partial charge in [0.1, 0.15) is 0 Å². The van der Waals surface area contributed by atoms with Crippen molar-refractivity contribution in [3.8, 4) is 0 Å². The molecular weight excluding hydrogens is 166 g/mol. The SMILES string of the molecule is CCNC=CC(C)=O.[Cu]. The number of allylic oxidation sites excluding steroid dienone is 1. The van der Waals surface area contributed by atoms with Gasteiger partial charge < -0.3 is 5.32 Å². The molecule has 0 aliphatic carbocycles. The van der Waals surface area contributed by atoms with Crippen LogP contribution in [0.3, 0.4) is 0 Å². The Bertz CT molecular complexity index is 101. The molecule has 0 aliphatic heterocycles. The van der Waals surface area contributed by atoms with E-state index in [0.717, 1.165) is 6.54 Å². The molecule has 0 unspecified atom stereocenters. The summed E-state index contributed by atoms with van der Waals surface area (Å²) in [4.78, 5) is 10.2. The van der Waals surface area contributed by atoms with E-state index in [9.17, 15) is 4.79 Å². The summed E-state index contributed by atoms with van der Waals surface area (Å²) in [6.07, 6.45) is 3.16. The van der Waals surface area contributed by atoms with Gasteiger partial charge in [0.15, 0.2) is 5.78 Å². The molecule has 0 aromatic rings. The van der Waals surface area contributed by atoms with Crippen molar-refractivity contribution in [1.29, 1.82) is 0 Å². The van der Waals surface area contributed by atoms with Gasteiger partial charge in [0.25, 0.3) is 0 Å². The van der Waals surface area contributed by atoms with E-state index in [4.69, 9.17) is 0 Å². The molecular formula is C6H11CuNO. The van der Waals surface area contributed by atoms with Crippen molar-refractivity contribution < 1.29 is 21.9 Å². The Morgan fingerprint density at radius 3 is 2.56 bits per heavy atom. The third kappa shape index (κ3) is 11.3. The van der Waals surface area contributed by atoms with Crippen LogP contribution in [0.25, 0.3) is 0 Å². The zero-order chi connectivity index (χ0) is 6.41. The molecule has 0 aliphatic rings. The molecule has 0 aromatic carbocycles. The van der Waals surface area contributed by atoms with Gasteiger partial charge in [0.2, 0.25) is 0 Å². The molecule has 0 fully saturated rings. The van der Waals surface area contributed by atoms with Crippen molar-refractivity contribution in [1.82, 2.24) is 5.32 Å². The Balaban J connectivity index is 0. The van der Waals surface area contributed by atoms with E-state index < -0.39 is 0 Å². The first-order valence-electron chi connectivity index (χ1n) is 2.68. The molecule has 0 atom stereocenters. The molecule has 0 rings (SSSR count).